The second kappa shape index (κ2) is 7.77. The Balaban J connectivity index is 2.41. The molecule has 0 spiro atoms. The third-order valence-electron chi connectivity index (χ3n) is 3.46. The maximum absolute atomic E-state index is 12.5. The quantitative estimate of drug-likeness (QED) is 0.726. The molecule has 23 heavy (non-hydrogen) atoms. The summed E-state index contributed by atoms with van der Waals surface area (Å²) in [6.45, 7) is 4.20. The number of fused-ring (bicyclic) bond motifs is 1. The second-order valence-electron chi connectivity index (χ2n) is 5.51. The van der Waals surface area contributed by atoms with Crippen molar-refractivity contribution in [3.63, 3.8) is 0 Å². The Hall–Kier alpha value is -1.63. The number of nitrogens with one attached hydrogen (secondary N) is 1. The monoisotopic (exact) mass is 337 g/mol. The zero-order valence-corrected chi connectivity index (χ0v) is 14.3. The number of hydrogen-bond donors (Lipinski definition) is 2. The minimum Gasteiger partial charge on any atom is -0.493 e. The van der Waals surface area contributed by atoms with Crippen LogP contribution in [0.15, 0.2) is 41.3 Å². The number of aliphatic hydroxyl groups is 1. The smallest absolute Gasteiger partial charge is 0.241 e. The van der Waals surface area contributed by atoms with Crippen LogP contribution >= 0.6 is 0 Å². The zero-order valence-electron chi connectivity index (χ0n) is 13.5. The minimum absolute atomic E-state index is 0.0224. The average Bonchev–Trinajstić information content (AvgIpc) is 2.53. The molecule has 2 N–H and O–H groups in total. The van der Waals surface area contributed by atoms with Crippen LogP contribution < -0.4 is 9.46 Å². The summed E-state index contributed by atoms with van der Waals surface area (Å²) in [7, 11) is -3.69. The fourth-order valence-corrected chi connectivity index (χ4v) is 3.57. The van der Waals surface area contributed by atoms with E-state index in [1.54, 1.807) is 24.3 Å². The van der Waals surface area contributed by atoms with Gasteiger partial charge in [0.05, 0.1) is 17.6 Å². The minimum atomic E-state index is -3.69. The van der Waals surface area contributed by atoms with Crippen LogP contribution in [0.25, 0.3) is 10.8 Å². The highest BCUT2D eigenvalue weighted by Gasteiger charge is 2.19. The van der Waals surface area contributed by atoms with Crippen LogP contribution in [0.2, 0.25) is 0 Å². The molecule has 0 radical (unpaired) electrons. The summed E-state index contributed by atoms with van der Waals surface area (Å²) < 4.78 is 33.1. The maximum Gasteiger partial charge on any atom is 0.241 e. The molecule has 0 fully saturated rings. The van der Waals surface area contributed by atoms with E-state index in [1.807, 2.05) is 12.1 Å². The second-order valence-corrected chi connectivity index (χ2v) is 7.25. The van der Waals surface area contributed by atoms with Crippen molar-refractivity contribution < 1.29 is 18.3 Å². The van der Waals surface area contributed by atoms with Gasteiger partial charge in [0.2, 0.25) is 10.0 Å². The molecule has 2 aromatic carbocycles. The van der Waals surface area contributed by atoms with Crippen LogP contribution in [0.3, 0.4) is 0 Å². The molecule has 0 aliphatic rings. The van der Waals surface area contributed by atoms with E-state index in [1.165, 1.54) is 6.92 Å². The van der Waals surface area contributed by atoms with Gasteiger partial charge in [0, 0.05) is 17.3 Å². The van der Waals surface area contributed by atoms with Gasteiger partial charge in [0.15, 0.2) is 0 Å². The van der Waals surface area contributed by atoms with Crippen molar-refractivity contribution in [2.75, 3.05) is 13.2 Å². The lowest BCUT2D eigenvalue weighted by atomic mass is 10.1. The normalized spacial score (nSPS) is 13.2. The summed E-state index contributed by atoms with van der Waals surface area (Å²) in [4.78, 5) is 0.191. The van der Waals surface area contributed by atoms with E-state index in [0.717, 1.165) is 18.2 Å². The Morgan fingerprint density at radius 2 is 1.87 bits per heavy atom. The first-order valence-electron chi connectivity index (χ1n) is 7.78. The van der Waals surface area contributed by atoms with Crippen LogP contribution in [0.5, 0.6) is 5.75 Å². The van der Waals surface area contributed by atoms with E-state index in [9.17, 15) is 13.5 Å². The first kappa shape index (κ1) is 17.7. The molecule has 0 aromatic heterocycles. The molecular formula is C17H23NO4S. The van der Waals surface area contributed by atoms with Gasteiger partial charge in [-0.2, -0.15) is 0 Å². The van der Waals surface area contributed by atoms with E-state index < -0.39 is 16.1 Å². The van der Waals surface area contributed by atoms with Gasteiger partial charge in [-0.15, -0.1) is 0 Å². The molecule has 126 valence electrons. The van der Waals surface area contributed by atoms with Gasteiger partial charge in [0.25, 0.3) is 0 Å². The van der Waals surface area contributed by atoms with Crippen molar-refractivity contribution in [2.45, 2.75) is 37.7 Å². The summed E-state index contributed by atoms with van der Waals surface area (Å²) in [5.74, 6) is 0.684. The Morgan fingerprint density at radius 1 is 1.17 bits per heavy atom. The van der Waals surface area contributed by atoms with Crippen molar-refractivity contribution in [1.82, 2.24) is 4.72 Å². The Bertz CT molecular complexity index is 756. The van der Waals surface area contributed by atoms with E-state index in [4.69, 9.17) is 4.74 Å². The molecule has 1 atom stereocenters. The SMILES string of the molecule is CCCCOc1ccc(S(=O)(=O)NCC(C)O)c2ccccc12. The molecule has 0 aliphatic carbocycles. The molecule has 0 saturated heterocycles. The third-order valence-corrected chi connectivity index (χ3v) is 4.94. The number of benzene rings is 2. The summed E-state index contributed by atoms with van der Waals surface area (Å²) in [5, 5.41) is 10.7. The standard InChI is InChI=1S/C17H23NO4S/c1-3-4-11-22-16-9-10-17(15-8-6-5-7-14(15)16)23(20,21)18-12-13(2)19/h5-10,13,18-19H,3-4,11-12H2,1-2H3. The first-order valence-corrected chi connectivity index (χ1v) is 9.26. The highest BCUT2D eigenvalue weighted by molar-refractivity contribution is 7.89. The topological polar surface area (TPSA) is 75.6 Å². The first-order chi connectivity index (χ1) is 11.0. The van der Waals surface area contributed by atoms with Crippen molar-refractivity contribution in [3.8, 4) is 5.75 Å². The van der Waals surface area contributed by atoms with Gasteiger partial charge < -0.3 is 9.84 Å². The molecule has 0 heterocycles. The Labute approximate surface area is 137 Å². The van der Waals surface area contributed by atoms with Crippen LogP contribution in [0, 0.1) is 0 Å². The number of sulfonamides is 1. The molecular weight excluding hydrogens is 314 g/mol. The number of hydrogen-bond acceptors (Lipinski definition) is 4. The highest BCUT2D eigenvalue weighted by Crippen LogP contribution is 2.31. The Morgan fingerprint density at radius 3 is 2.52 bits per heavy atom. The van der Waals surface area contributed by atoms with Gasteiger partial charge in [-0.3, -0.25) is 0 Å². The molecule has 0 bridgehead atoms. The Kier molecular flexibility index (Phi) is 5.98. The lowest BCUT2D eigenvalue weighted by Crippen LogP contribution is -2.30. The molecule has 0 aliphatic heterocycles. The summed E-state index contributed by atoms with van der Waals surface area (Å²) in [6, 6.07) is 10.5. The maximum atomic E-state index is 12.5. The summed E-state index contributed by atoms with van der Waals surface area (Å²) in [6.07, 6.45) is 1.24. The highest BCUT2D eigenvalue weighted by atomic mass is 32.2. The van der Waals surface area contributed by atoms with Gasteiger partial charge in [-0.1, -0.05) is 37.6 Å². The summed E-state index contributed by atoms with van der Waals surface area (Å²) >= 11 is 0. The molecule has 2 aromatic rings. The number of unbranched alkanes of at least 4 members (excludes halogenated alkanes) is 1. The van der Waals surface area contributed by atoms with E-state index in [2.05, 4.69) is 11.6 Å². The van der Waals surface area contributed by atoms with Crippen molar-refractivity contribution in [2.24, 2.45) is 0 Å². The fraction of sp³-hybridized carbons (Fsp3) is 0.412. The fourth-order valence-electron chi connectivity index (χ4n) is 2.24. The molecule has 0 amide bonds. The molecule has 2 rings (SSSR count). The van der Waals surface area contributed by atoms with Crippen LogP contribution in [0.1, 0.15) is 26.7 Å². The molecule has 1 unspecified atom stereocenters. The molecule has 6 heteroatoms. The largest absolute Gasteiger partial charge is 0.493 e. The van der Waals surface area contributed by atoms with Crippen molar-refractivity contribution >= 4 is 20.8 Å². The van der Waals surface area contributed by atoms with Gasteiger partial charge in [-0.05, 0) is 25.5 Å². The van der Waals surface area contributed by atoms with Crippen LogP contribution in [-0.4, -0.2) is 32.8 Å². The van der Waals surface area contributed by atoms with Crippen molar-refractivity contribution in [3.05, 3.63) is 36.4 Å². The van der Waals surface area contributed by atoms with E-state index in [0.29, 0.717) is 17.7 Å². The number of rotatable bonds is 8. The van der Waals surface area contributed by atoms with E-state index >= 15 is 0 Å². The predicted molar refractivity (Wildman–Crippen MR) is 91.2 cm³/mol. The van der Waals surface area contributed by atoms with Crippen LogP contribution in [-0.2, 0) is 10.0 Å². The van der Waals surface area contributed by atoms with Gasteiger partial charge in [-0.25, -0.2) is 13.1 Å². The molecule has 5 nitrogen and oxygen atoms in total. The van der Waals surface area contributed by atoms with E-state index in [-0.39, 0.29) is 11.4 Å². The average molecular weight is 337 g/mol. The van der Waals surface area contributed by atoms with Gasteiger partial charge >= 0.3 is 0 Å². The number of ether oxygens (including phenoxy) is 1. The van der Waals surface area contributed by atoms with Crippen molar-refractivity contribution in [1.29, 1.82) is 0 Å². The van der Waals surface area contributed by atoms with Crippen LogP contribution in [0.4, 0.5) is 0 Å². The van der Waals surface area contributed by atoms with Gasteiger partial charge in [0.1, 0.15) is 5.75 Å². The predicted octanol–water partition coefficient (Wildman–Crippen LogP) is 2.68. The number of aliphatic hydroxyl groups excluding tert-OH is 1. The zero-order chi connectivity index (χ0) is 16.9. The summed E-state index contributed by atoms with van der Waals surface area (Å²) in [5.41, 5.74) is 0. The lowest BCUT2D eigenvalue weighted by molar-refractivity contribution is 0.198. The third kappa shape index (κ3) is 4.43. The lowest BCUT2D eigenvalue weighted by Gasteiger charge is -2.14. The molecule has 0 saturated carbocycles.